The van der Waals surface area contributed by atoms with Gasteiger partial charge in [-0.2, -0.15) is 0 Å². The van der Waals surface area contributed by atoms with E-state index in [0.29, 0.717) is 11.3 Å². The first-order chi connectivity index (χ1) is 10.9. The van der Waals surface area contributed by atoms with Crippen molar-refractivity contribution < 1.29 is 9.15 Å². The molecule has 2 aromatic carbocycles. The molecule has 3 nitrogen and oxygen atoms in total. The van der Waals surface area contributed by atoms with Gasteiger partial charge in [0.2, 0.25) is 0 Å². The van der Waals surface area contributed by atoms with E-state index in [1.54, 1.807) is 0 Å². The van der Waals surface area contributed by atoms with Crippen LogP contribution in [0.3, 0.4) is 0 Å². The zero-order valence-electron chi connectivity index (χ0n) is 12.0. The molecule has 0 spiro atoms. The first-order valence-electron chi connectivity index (χ1n) is 6.75. The van der Waals surface area contributed by atoms with Gasteiger partial charge >= 0.3 is 5.63 Å². The molecule has 0 bridgehead atoms. The molecule has 0 atom stereocenters. The highest BCUT2D eigenvalue weighted by molar-refractivity contribution is 9.11. The minimum Gasteiger partial charge on any atom is -0.487 e. The van der Waals surface area contributed by atoms with E-state index >= 15 is 0 Å². The number of hydrogen-bond donors (Lipinski definition) is 0. The number of rotatable bonds is 3. The van der Waals surface area contributed by atoms with Gasteiger partial charge in [-0.25, -0.2) is 4.79 Å². The quantitative estimate of drug-likeness (QED) is 0.414. The van der Waals surface area contributed by atoms with Gasteiger partial charge in [0, 0.05) is 21.5 Å². The van der Waals surface area contributed by atoms with Crippen LogP contribution in [0.1, 0.15) is 11.1 Å². The summed E-state index contributed by atoms with van der Waals surface area (Å²) in [7, 11) is 0. The van der Waals surface area contributed by atoms with Crippen LogP contribution in [0.15, 0.2) is 59.0 Å². The molecule has 0 N–H and O–H groups in total. The van der Waals surface area contributed by atoms with Crippen molar-refractivity contribution in [2.45, 2.75) is 13.5 Å². The Morgan fingerprint density at radius 3 is 2.43 bits per heavy atom. The van der Waals surface area contributed by atoms with Gasteiger partial charge in [0.1, 0.15) is 17.9 Å². The fourth-order valence-electron chi connectivity index (χ4n) is 2.27. The third-order valence-corrected chi connectivity index (χ3v) is 4.96. The Balaban J connectivity index is 1.98. The van der Waals surface area contributed by atoms with Crippen molar-refractivity contribution in [2.75, 3.05) is 0 Å². The maximum absolute atomic E-state index is 11.8. The van der Waals surface area contributed by atoms with Gasteiger partial charge in [-0.15, -0.1) is 0 Å². The Kier molecular flexibility index (Phi) is 4.94. The van der Waals surface area contributed by atoms with Crippen LogP contribution in [0.2, 0.25) is 0 Å². The number of fused-ring (bicyclic) bond motifs is 1. The van der Waals surface area contributed by atoms with E-state index in [9.17, 15) is 4.79 Å². The second-order valence-corrected chi connectivity index (χ2v) is 7.70. The van der Waals surface area contributed by atoms with Crippen molar-refractivity contribution in [3.8, 4) is 5.75 Å². The zero-order chi connectivity index (χ0) is 16.6. The van der Waals surface area contributed by atoms with Crippen LogP contribution in [0.4, 0.5) is 0 Å². The number of halogens is 3. The van der Waals surface area contributed by atoms with Crippen LogP contribution in [0.5, 0.6) is 5.75 Å². The van der Waals surface area contributed by atoms with E-state index in [2.05, 4.69) is 47.8 Å². The van der Waals surface area contributed by atoms with Crippen LogP contribution < -0.4 is 10.4 Å². The molecule has 0 saturated heterocycles. The molecule has 1 aromatic heterocycles. The lowest BCUT2D eigenvalue weighted by Crippen LogP contribution is -2.04. The highest BCUT2D eigenvalue weighted by Crippen LogP contribution is 2.37. The maximum Gasteiger partial charge on any atom is 0.336 e. The molecule has 0 fully saturated rings. The monoisotopic (exact) mass is 500 g/mol. The van der Waals surface area contributed by atoms with E-state index in [4.69, 9.17) is 9.15 Å². The summed E-state index contributed by atoms with van der Waals surface area (Å²) < 4.78 is 13.7. The smallest absolute Gasteiger partial charge is 0.336 e. The lowest BCUT2D eigenvalue weighted by Gasteiger charge is -2.12. The van der Waals surface area contributed by atoms with Crippen molar-refractivity contribution in [3.05, 3.63) is 71.4 Å². The molecule has 0 aliphatic heterocycles. The van der Waals surface area contributed by atoms with Gasteiger partial charge in [-0.05, 0) is 62.5 Å². The molecule has 0 aliphatic rings. The molecular formula is C17H11Br3O3. The molecule has 0 amide bonds. The molecular weight excluding hydrogens is 492 g/mol. The topological polar surface area (TPSA) is 39.4 Å². The maximum atomic E-state index is 11.8. The molecule has 23 heavy (non-hydrogen) atoms. The van der Waals surface area contributed by atoms with Crippen molar-refractivity contribution in [2.24, 2.45) is 0 Å². The van der Waals surface area contributed by atoms with Gasteiger partial charge in [0.05, 0.1) is 8.95 Å². The van der Waals surface area contributed by atoms with Crippen LogP contribution >= 0.6 is 47.8 Å². The summed E-state index contributed by atoms with van der Waals surface area (Å²) in [6.07, 6.45) is 0. The number of aryl methyl sites for hydroxylation is 1. The fourth-order valence-corrected chi connectivity index (χ4v) is 4.76. The van der Waals surface area contributed by atoms with Gasteiger partial charge in [0.15, 0.2) is 0 Å². The highest BCUT2D eigenvalue weighted by atomic mass is 79.9. The lowest BCUT2D eigenvalue weighted by atomic mass is 10.1. The molecule has 118 valence electrons. The fraction of sp³-hybridized carbons (Fsp3) is 0.118. The first kappa shape index (κ1) is 16.7. The number of hydrogen-bond acceptors (Lipinski definition) is 3. The van der Waals surface area contributed by atoms with Crippen molar-refractivity contribution in [1.82, 2.24) is 0 Å². The predicted molar refractivity (Wildman–Crippen MR) is 101 cm³/mol. The molecule has 0 unspecified atom stereocenters. The zero-order valence-corrected chi connectivity index (χ0v) is 16.8. The molecule has 0 radical (unpaired) electrons. The average Bonchev–Trinajstić information content (AvgIpc) is 2.45. The third kappa shape index (κ3) is 3.70. The highest BCUT2D eigenvalue weighted by Gasteiger charge is 2.11. The molecule has 1 heterocycles. The van der Waals surface area contributed by atoms with Gasteiger partial charge in [-0.3, -0.25) is 0 Å². The normalized spacial score (nSPS) is 11.0. The standard InChI is InChI=1S/C17H11Br3O3/c1-9-2-3-12-10(5-16(21)23-15(12)4-9)8-22-17-13(19)6-11(18)7-14(17)20/h2-7H,8H2,1H3. The van der Waals surface area contributed by atoms with E-state index in [-0.39, 0.29) is 12.2 Å². The second-order valence-electron chi connectivity index (χ2n) is 5.08. The summed E-state index contributed by atoms with van der Waals surface area (Å²) in [5.74, 6) is 0.682. The van der Waals surface area contributed by atoms with Crippen LogP contribution in [0, 0.1) is 6.92 Å². The molecule has 0 aliphatic carbocycles. The largest absolute Gasteiger partial charge is 0.487 e. The summed E-state index contributed by atoms with van der Waals surface area (Å²) in [4.78, 5) is 11.8. The van der Waals surface area contributed by atoms with Gasteiger partial charge in [-0.1, -0.05) is 28.1 Å². The molecule has 0 saturated carbocycles. The summed E-state index contributed by atoms with van der Waals surface area (Å²) in [5.41, 5.74) is 2.02. The predicted octanol–water partition coefficient (Wildman–Crippen LogP) is 5.97. The average molecular weight is 503 g/mol. The molecule has 6 heteroatoms. The molecule has 3 rings (SSSR count). The van der Waals surface area contributed by atoms with Gasteiger partial charge < -0.3 is 9.15 Å². The van der Waals surface area contributed by atoms with E-state index in [0.717, 1.165) is 29.9 Å². The summed E-state index contributed by atoms with van der Waals surface area (Å²) in [6, 6.07) is 11.1. The van der Waals surface area contributed by atoms with Crippen LogP contribution in [-0.4, -0.2) is 0 Å². The Bertz CT molecular complexity index is 924. The van der Waals surface area contributed by atoms with E-state index in [1.807, 2.05) is 37.3 Å². The van der Waals surface area contributed by atoms with Crippen LogP contribution in [-0.2, 0) is 6.61 Å². The first-order valence-corrected chi connectivity index (χ1v) is 9.12. The Labute approximate surface area is 158 Å². The van der Waals surface area contributed by atoms with Gasteiger partial charge in [0.25, 0.3) is 0 Å². The van der Waals surface area contributed by atoms with Crippen LogP contribution in [0.25, 0.3) is 11.0 Å². The minimum atomic E-state index is -0.379. The lowest BCUT2D eigenvalue weighted by molar-refractivity contribution is 0.302. The second kappa shape index (κ2) is 6.79. The van der Waals surface area contributed by atoms with E-state index < -0.39 is 0 Å². The Morgan fingerprint density at radius 2 is 1.74 bits per heavy atom. The molecule has 3 aromatic rings. The Hall–Kier alpha value is -1.11. The van der Waals surface area contributed by atoms with Crippen molar-refractivity contribution in [3.63, 3.8) is 0 Å². The Morgan fingerprint density at radius 1 is 1.04 bits per heavy atom. The minimum absolute atomic E-state index is 0.268. The number of ether oxygens (including phenoxy) is 1. The SMILES string of the molecule is Cc1ccc2c(COc3c(Br)cc(Br)cc3Br)cc(=O)oc2c1. The third-order valence-electron chi connectivity index (χ3n) is 3.32. The number of benzene rings is 2. The van der Waals surface area contributed by atoms with Crippen molar-refractivity contribution in [1.29, 1.82) is 0 Å². The van der Waals surface area contributed by atoms with Crippen molar-refractivity contribution >= 4 is 58.8 Å². The van der Waals surface area contributed by atoms with E-state index in [1.165, 1.54) is 6.07 Å². The summed E-state index contributed by atoms with van der Waals surface area (Å²) in [5, 5.41) is 0.875. The summed E-state index contributed by atoms with van der Waals surface area (Å²) >= 11 is 10.4. The summed E-state index contributed by atoms with van der Waals surface area (Å²) in [6.45, 7) is 2.22.